The van der Waals surface area contributed by atoms with Crippen LogP contribution >= 0.6 is 0 Å². The lowest BCUT2D eigenvalue weighted by molar-refractivity contribution is 0.245. The summed E-state index contributed by atoms with van der Waals surface area (Å²) in [5.74, 6) is 2.30. The van der Waals surface area contributed by atoms with E-state index in [2.05, 4.69) is 25.9 Å². The fraction of sp³-hybridized carbons (Fsp3) is 0.364. The van der Waals surface area contributed by atoms with Crippen molar-refractivity contribution >= 4 is 44.3 Å². The number of aryl methyl sites for hydroxylation is 1. The Balaban J connectivity index is 1.45. The molecule has 0 radical (unpaired) electrons. The second-order valence-corrected chi connectivity index (χ2v) is 12.5. The zero-order valence-corrected chi connectivity index (χ0v) is 24.8. The summed E-state index contributed by atoms with van der Waals surface area (Å²) in [6.45, 7) is 2.98. The fourth-order valence-corrected chi connectivity index (χ4v) is 7.22. The normalized spacial score (nSPS) is 20.3. The van der Waals surface area contributed by atoms with Gasteiger partial charge in [-0.1, -0.05) is 12.0 Å². The Morgan fingerprint density at radius 2 is 1.75 bits per heavy atom. The molecule has 224 valence electrons. The Labute approximate surface area is 253 Å². The molecule has 3 saturated heterocycles. The summed E-state index contributed by atoms with van der Waals surface area (Å²) >= 11 is 0. The summed E-state index contributed by atoms with van der Waals surface area (Å²) in [4.78, 5) is 16.5. The van der Waals surface area contributed by atoms with Gasteiger partial charge in [0.15, 0.2) is 5.82 Å². The number of piperazine rings is 1. The molecule has 3 aromatic carbocycles. The van der Waals surface area contributed by atoms with Gasteiger partial charge in [-0.2, -0.15) is 10.1 Å². The average molecular weight is 595 g/mol. The molecule has 0 unspecified atom stereocenters. The van der Waals surface area contributed by atoms with Crippen molar-refractivity contribution in [2.75, 3.05) is 50.1 Å². The number of phenolic OH excluding ortho intramolecular Hbond substituents is 1. The topological polar surface area (TPSA) is 85.6 Å². The van der Waals surface area contributed by atoms with E-state index in [1.54, 1.807) is 11.7 Å². The molecular formula is C33H32F2N8O. The second kappa shape index (κ2) is 9.74. The molecule has 0 saturated carbocycles. The van der Waals surface area contributed by atoms with E-state index in [-0.39, 0.29) is 28.0 Å². The van der Waals surface area contributed by atoms with E-state index in [1.165, 1.54) is 24.3 Å². The van der Waals surface area contributed by atoms with Crippen molar-refractivity contribution in [3.05, 3.63) is 47.7 Å². The summed E-state index contributed by atoms with van der Waals surface area (Å²) in [7, 11) is 5.87. The Kier molecular flexibility index (Phi) is 5.99. The molecule has 0 aliphatic carbocycles. The van der Waals surface area contributed by atoms with Crippen molar-refractivity contribution in [2.24, 2.45) is 7.05 Å². The molecule has 5 heterocycles. The highest BCUT2D eigenvalue weighted by molar-refractivity contribution is 6.18. The molecule has 9 nitrogen and oxygen atoms in total. The molecule has 3 fully saturated rings. The van der Waals surface area contributed by atoms with Gasteiger partial charge in [0, 0.05) is 73.9 Å². The third-order valence-electron chi connectivity index (χ3n) is 9.50. The number of nitrogens with zero attached hydrogens (tertiary/aromatic N) is 7. The lowest BCUT2D eigenvalue weighted by Crippen LogP contribution is -2.58. The van der Waals surface area contributed by atoms with Gasteiger partial charge in [0.05, 0.1) is 10.9 Å². The minimum absolute atomic E-state index is 0.00302. The van der Waals surface area contributed by atoms with Gasteiger partial charge in [0.1, 0.15) is 28.4 Å². The Hall–Kier alpha value is -4.53. The van der Waals surface area contributed by atoms with Crippen LogP contribution in [0.1, 0.15) is 18.4 Å². The van der Waals surface area contributed by atoms with Gasteiger partial charge in [-0.05, 0) is 56.1 Å². The summed E-state index contributed by atoms with van der Waals surface area (Å²) in [6.07, 6.45) is 9.81. The lowest BCUT2D eigenvalue weighted by atomic mass is 9.91. The van der Waals surface area contributed by atoms with Crippen molar-refractivity contribution in [3.8, 4) is 29.2 Å². The Bertz CT molecular complexity index is 2030. The molecule has 2 N–H and O–H groups in total. The maximum absolute atomic E-state index is 17.3. The van der Waals surface area contributed by atoms with E-state index in [0.717, 1.165) is 39.0 Å². The Morgan fingerprint density at radius 1 is 1.00 bits per heavy atom. The molecule has 2 bridgehead atoms. The molecule has 3 aliphatic rings. The quantitative estimate of drug-likeness (QED) is 0.302. The van der Waals surface area contributed by atoms with E-state index < -0.39 is 11.6 Å². The number of terminal acetylenes is 1. The Morgan fingerprint density at radius 3 is 2.45 bits per heavy atom. The highest BCUT2D eigenvalue weighted by Crippen LogP contribution is 2.45. The van der Waals surface area contributed by atoms with Crippen LogP contribution in [0.4, 0.5) is 20.5 Å². The highest BCUT2D eigenvalue weighted by Gasteiger charge is 2.37. The standard InChI is InChI=1S/C33H32F2N8O/c1-5-22-25(34)9-6-17-10-21(44)11-23(26(17)22)27-29(35)31-28(24-16-41(4)39-30(24)27)32(42-12-18-7-8-19(13-42)36-18)38-33(37-31)43-14-20(15-43)40(2)3/h1,6,9-11,16,18-20,36,44H,7-8,12-15H2,2-4H3/t18-,19+. The second-order valence-electron chi connectivity index (χ2n) is 12.5. The van der Waals surface area contributed by atoms with Crippen LogP contribution in [-0.2, 0) is 7.05 Å². The number of likely N-dealkylation sites (N-methyl/N-ethyl adjacent to an activating group) is 1. The molecule has 44 heavy (non-hydrogen) atoms. The smallest absolute Gasteiger partial charge is 0.228 e. The van der Waals surface area contributed by atoms with Crippen LogP contribution < -0.4 is 15.1 Å². The zero-order valence-electron chi connectivity index (χ0n) is 24.8. The predicted octanol–water partition coefficient (Wildman–Crippen LogP) is 3.99. The van der Waals surface area contributed by atoms with E-state index in [0.29, 0.717) is 57.0 Å². The van der Waals surface area contributed by atoms with Gasteiger partial charge in [-0.3, -0.25) is 4.68 Å². The van der Waals surface area contributed by atoms with Crippen LogP contribution in [-0.4, -0.2) is 88.2 Å². The first kappa shape index (κ1) is 27.0. The number of aromatic hydroxyl groups is 1. The first-order valence-electron chi connectivity index (χ1n) is 14.9. The molecular weight excluding hydrogens is 562 g/mol. The number of aromatic nitrogens is 4. The molecule has 5 aromatic rings. The molecule has 11 heteroatoms. The monoisotopic (exact) mass is 594 g/mol. The number of hydrogen-bond acceptors (Lipinski definition) is 8. The summed E-state index contributed by atoms with van der Waals surface area (Å²) in [5.41, 5.74) is 0.895. The number of halogens is 2. The van der Waals surface area contributed by atoms with Crippen molar-refractivity contribution in [3.63, 3.8) is 0 Å². The molecule has 2 aromatic heterocycles. The third kappa shape index (κ3) is 4.01. The number of nitrogens with one attached hydrogen (secondary N) is 1. The van der Waals surface area contributed by atoms with Crippen LogP contribution in [0.15, 0.2) is 30.5 Å². The van der Waals surface area contributed by atoms with Gasteiger partial charge in [0.2, 0.25) is 5.95 Å². The maximum Gasteiger partial charge on any atom is 0.228 e. The molecule has 0 spiro atoms. The fourth-order valence-electron chi connectivity index (χ4n) is 7.22. The van der Waals surface area contributed by atoms with Gasteiger partial charge in [0.25, 0.3) is 0 Å². The van der Waals surface area contributed by atoms with Gasteiger partial charge < -0.3 is 25.1 Å². The SMILES string of the molecule is C#Cc1c(F)ccc2cc(O)cc(-c3c(F)c4nc(N5CC(N(C)C)C5)nc(N5C[C@H]6CC[C@@H](C5)N6)c4c4cn(C)nc34)c12. The molecule has 3 aliphatic heterocycles. The molecule has 0 amide bonds. The van der Waals surface area contributed by atoms with Crippen molar-refractivity contribution in [2.45, 2.75) is 31.0 Å². The van der Waals surface area contributed by atoms with Crippen LogP contribution in [0, 0.1) is 24.0 Å². The van der Waals surface area contributed by atoms with E-state index in [9.17, 15) is 5.11 Å². The maximum atomic E-state index is 17.3. The molecule has 2 atom stereocenters. The van der Waals surface area contributed by atoms with E-state index in [1.807, 2.05) is 20.3 Å². The number of hydrogen-bond donors (Lipinski definition) is 2. The van der Waals surface area contributed by atoms with Crippen molar-refractivity contribution < 1.29 is 13.9 Å². The van der Waals surface area contributed by atoms with Crippen LogP contribution in [0.5, 0.6) is 5.75 Å². The van der Waals surface area contributed by atoms with Gasteiger partial charge >= 0.3 is 0 Å². The number of phenols is 1. The van der Waals surface area contributed by atoms with Crippen LogP contribution in [0.3, 0.4) is 0 Å². The average Bonchev–Trinajstić information content (AvgIpc) is 3.51. The third-order valence-corrected chi connectivity index (χ3v) is 9.50. The number of benzene rings is 3. The van der Waals surface area contributed by atoms with Crippen LogP contribution in [0.2, 0.25) is 0 Å². The van der Waals surface area contributed by atoms with Crippen LogP contribution in [0.25, 0.3) is 43.7 Å². The number of rotatable bonds is 4. The largest absolute Gasteiger partial charge is 0.508 e. The first-order chi connectivity index (χ1) is 21.2. The van der Waals surface area contributed by atoms with Gasteiger partial charge in [-0.25, -0.2) is 13.8 Å². The highest BCUT2D eigenvalue weighted by atomic mass is 19.1. The minimum Gasteiger partial charge on any atom is -0.508 e. The number of fused-ring (bicyclic) bond motifs is 6. The van der Waals surface area contributed by atoms with E-state index in [4.69, 9.17) is 21.5 Å². The minimum atomic E-state index is -0.613. The summed E-state index contributed by atoms with van der Waals surface area (Å²) < 4.78 is 34.0. The zero-order chi connectivity index (χ0) is 30.4. The lowest BCUT2D eigenvalue weighted by Gasteiger charge is -2.43. The van der Waals surface area contributed by atoms with Gasteiger partial charge in [-0.15, -0.1) is 6.42 Å². The summed E-state index contributed by atoms with van der Waals surface area (Å²) in [5, 5.41) is 21.2. The van der Waals surface area contributed by atoms with Crippen molar-refractivity contribution in [1.82, 2.24) is 30.0 Å². The number of anilines is 2. The molecule has 8 rings (SSSR count). The van der Waals surface area contributed by atoms with Crippen molar-refractivity contribution in [1.29, 1.82) is 0 Å². The first-order valence-corrected chi connectivity index (χ1v) is 14.9. The van der Waals surface area contributed by atoms with E-state index >= 15 is 8.78 Å². The summed E-state index contributed by atoms with van der Waals surface area (Å²) in [6, 6.07) is 6.75. The predicted molar refractivity (Wildman–Crippen MR) is 168 cm³/mol.